The van der Waals surface area contributed by atoms with Gasteiger partial charge in [-0.05, 0) is 39.9 Å². The summed E-state index contributed by atoms with van der Waals surface area (Å²) >= 11 is 5.14. The molecule has 0 saturated heterocycles. The average Bonchev–Trinajstić information content (AvgIpc) is 2.62. The van der Waals surface area contributed by atoms with Crippen molar-refractivity contribution in [3.05, 3.63) is 32.7 Å². The summed E-state index contributed by atoms with van der Waals surface area (Å²) in [6.07, 6.45) is 0. The minimum atomic E-state index is 0.505. The third-order valence-corrected chi connectivity index (χ3v) is 3.83. The fourth-order valence-electron chi connectivity index (χ4n) is 1.55. The lowest BCUT2D eigenvalue weighted by Crippen LogP contribution is -2.18. The van der Waals surface area contributed by atoms with E-state index < -0.39 is 0 Å². The van der Waals surface area contributed by atoms with E-state index in [4.69, 9.17) is 5.73 Å². The number of halogens is 1. The van der Waals surface area contributed by atoms with Gasteiger partial charge in [0.1, 0.15) is 17.5 Å². The number of nitrogens with two attached hydrogens (primary N) is 1. The third kappa shape index (κ3) is 3.17. The van der Waals surface area contributed by atoms with Crippen molar-refractivity contribution >= 4 is 38.9 Å². The van der Waals surface area contributed by atoms with E-state index >= 15 is 0 Å². The van der Waals surface area contributed by atoms with Crippen molar-refractivity contribution in [1.82, 2.24) is 9.97 Å². The first-order valence-electron chi connectivity index (χ1n) is 5.10. The molecule has 0 amide bonds. The van der Waals surface area contributed by atoms with Gasteiger partial charge in [0.15, 0.2) is 0 Å². The second kappa shape index (κ2) is 5.01. The summed E-state index contributed by atoms with van der Waals surface area (Å²) in [5.41, 5.74) is 6.96. The zero-order valence-corrected chi connectivity index (χ0v) is 12.0. The standard InChI is InChI=1S/C11H13BrN4S/c1-7-14-10(13)4-11(15-7)16(2)5-8-3-9(12)17-6-8/h3-4,6H,5H2,1-2H3,(H2,13,14,15). The Morgan fingerprint density at radius 3 is 2.76 bits per heavy atom. The molecule has 4 nitrogen and oxygen atoms in total. The van der Waals surface area contributed by atoms with Crippen molar-refractivity contribution in [1.29, 1.82) is 0 Å². The molecule has 0 aliphatic rings. The van der Waals surface area contributed by atoms with Crippen LogP contribution in [0.3, 0.4) is 0 Å². The minimum absolute atomic E-state index is 0.505. The molecule has 0 aliphatic carbocycles. The highest BCUT2D eigenvalue weighted by Crippen LogP contribution is 2.23. The van der Waals surface area contributed by atoms with Gasteiger partial charge in [0, 0.05) is 19.7 Å². The van der Waals surface area contributed by atoms with Crippen LogP contribution in [0, 0.1) is 6.92 Å². The van der Waals surface area contributed by atoms with Gasteiger partial charge in [0.2, 0.25) is 0 Å². The first-order chi connectivity index (χ1) is 8.04. The van der Waals surface area contributed by atoms with E-state index in [1.54, 1.807) is 17.4 Å². The Labute approximate surface area is 113 Å². The number of aryl methyl sites for hydroxylation is 1. The van der Waals surface area contributed by atoms with Gasteiger partial charge in [-0.2, -0.15) is 0 Å². The molecule has 0 radical (unpaired) electrons. The van der Waals surface area contributed by atoms with E-state index in [2.05, 4.69) is 42.2 Å². The summed E-state index contributed by atoms with van der Waals surface area (Å²) in [5.74, 6) is 2.04. The predicted molar refractivity (Wildman–Crippen MR) is 75.3 cm³/mol. The van der Waals surface area contributed by atoms with Gasteiger partial charge >= 0.3 is 0 Å². The number of rotatable bonds is 3. The van der Waals surface area contributed by atoms with Crippen molar-refractivity contribution in [3.63, 3.8) is 0 Å². The van der Waals surface area contributed by atoms with Crippen LogP contribution in [0.1, 0.15) is 11.4 Å². The molecule has 17 heavy (non-hydrogen) atoms. The molecule has 0 aromatic carbocycles. The van der Waals surface area contributed by atoms with Crippen molar-refractivity contribution in [2.45, 2.75) is 13.5 Å². The molecule has 0 spiro atoms. The summed E-state index contributed by atoms with van der Waals surface area (Å²) in [5, 5.41) is 2.12. The number of aromatic nitrogens is 2. The molecule has 2 heterocycles. The maximum Gasteiger partial charge on any atom is 0.134 e. The minimum Gasteiger partial charge on any atom is -0.384 e. The fraction of sp³-hybridized carbons (Fsp3) is 0.273. The van der Waals surface area contributed by atoms with Crippen LogP contribution in [0.25, 0.3) is 0 Å². The maximum atomic E-state index is 5.71. The first kappa shape index (κ1) is 12.3. The molecule has 6 heteroatoms. The molecule has 0 bridgehead atoms. The first-order valence-corrected chi connectivity index (χ1v) is 6.77. The summed E-state index contributed by atoms with van der Waals surface area (Å²) < 4.78 is 1.14. The van der Waals surface area contributed by atoms with E-state index in [1.807, 2.05) is 14.0 Å². The van der Waals surface area contributed by atoms with Crippen LogP contribution in [0.2, 0.25) is 0 Å². The van der Waals surface area contributed by atoms with Gasteiger partial charge < -0.3 is 10.6 Å². The summed E-state index contributed by atoms with van der Waals surface area (Å²) in [4.78, 5) is 10.5. The van der Waals surface area contributed by atoms with Gasteiger partial charge in [-0.25, -0.2) is 9.97 Å². The predicted octanol–water partition coefficient (Wildman–Crippen LogP) is 2.83. The van der Waals surface area contributed by atoms with Gasteiger partial charge in [-0.1, -0.05) is 0 Å². The van der Waals surface area contributed by atoms with Gasteiger partial charge in [-0.15, -0.1) is 11.3 Å². The number of anilines is 2. The Hall–Kier alpha value is -1.14. The van der Waals surface area contributed by atoms with Crippen LogP contribution in [0.5, 0.6) is 0 Å². The molecule has 2 aromatic heterocycles. The lowest BCUT2D eigenvalue weighted by Gasteiger charge is -2.17. The lowest BCUT2D eigenvalue weighted by atomic mass is 10.3. The lowest BCUT2D eigenvalue weighted by molar-refractivity contribution is 0.884. The van der Waals surface area contributed by atoms with Crippen LogP contribution in [-0.2, 0) is 6.54 Å². The monoisotopic (exact) mass is 312 g/mol. The normalized spacial score (nSPS) is 10.5. The molecule has 0 saturated carbocycles. The van der Waals surface area contributed by atoms with Crippen molar-refractivity contribution in [2.75, 3.05) is 17.7 Å². The van der Waals surface area contributed by atoms with E-state index in [1.165, 1.54) is 5.56 Å². The molecule has 90 valence electrons. The Morgan fingerprint density at radius 1 is 1.41 bits per heavy atom. The Kier molecular flexibility index (Phi) is 3.63. The SMILES string of the molecule is Cc1nc(N)cc(N(C)Cc2csc(Br)c2)n1. The fourth-order valence-corrected chi connectivity index (χ4v) is 2.75. The molecule has 0 unspecified atom stereocenters. The highest BCUT2D eigenvalue weighted by atomic mass is 79.9. The zero-order valence-electron chi connectivity index (χ0n) is 9.64. The highest BCUT2D eigenvalue weighted by molar-refractivity contribution is 9.11. The van der Waals surface area contributed by atoms with E-state index in [0.29, 0.717) is 11.6 Å². The Morgan fingerprint density at radius 2 is 2.18 bits per heavy atom. The molecule has 2 rings (SSSR count). The highest BCUT2D eigenvalue weighted by Gasteiger charge is 2.07. The molecule has 0 atom stereocenters. The number of nitrogens with zero attached hydrogens (tertiary/aromatic N) is 3. The van der Waals surface area contributed by atoms with Crippen LogP contribution >= 0.6 is 27.3 Å². The molecular formula is C11H13BrN4S. The molecule has 0 fully saturated rings. The van der Waals surface area contributed by atoms with Crippen LogP contribution < -0.4 is 10.6 Å². The Balaban J connectivity index is 2.16. The molecule has 2 aromatic rings. The van der Waals surface area contributed by atoms with Crippen molar-refractivity contribution < 1.29 is 0 Å². The summed E-state index contributed by atoms with van der Waals surface area (Å²) in [6, 6.07) is 3.90. The van der Waals surface area contributed by atoms with E-state index in [9.17, 15) is 0 Å². The smallest absolute Gasteiger partial charge is 0.134 e. The van der Waals surface area contributed by atoms with Crippen molar-refractivity contribution in [3.8, 4) is 0 Å². The third-order valence-electron chi connectivity index (χ3n) is 2.28. The van der Waals surface area contributed by atoms with Gasteiger partial charge in [0.25, 0.3) is 0 Å². The average molecular weight is 313 g/mol. The zero-order chi connectivity index (χ0) is 12.4. The van der Waals surface area contributed by atoms with E-state index in [0.717, 1.165) is 16.1 Å². The molecule has 2 N–H and O–H groups in total. The second-order valence-electron chi connectivity index (χ2n) is 3.81. The number of nitrogen functional groups attached to an aromatic ring is 1. The van der Waals surface area contributed by atoms with Crippen LogP contribution in [0.4, 0.5) is 11.6 Å². The number of thiophene rings is 1. The Bertz CT molecular complexity index is 506. The van der Waals surface area contributed by atoms with Crippen molar-refractivity contribution in [2.24, 2.45) is 0 Å². The summed E-state index contributed by atoms with van der Waals surface area (Å²) in [6.45, 7) is 2.65. The largest absolute Gasteiger partial charge is 0.384 e. The quantitative estimate of drug-likeness (QED) is 0.947. The maximum absolute atomic E-state index is 5.71. The number of hydrogen-bond acceptors (Lipinski definition) is 5. The second-order valence-corrected chi connectivity index (χ2v) is 6.10. The van der Waals surface area contributed by atoms with E-state index in [-0.39, 0.29) is 0 Å². The number of hydrogen-bond donors (Lipinski definition) is 1. The van der Waals surface area contributed by atoms with Gasteiger partial charge in [-0.3, -0.25) is 0 Å². The molecular weight excluding hydrogens is 300 g/mol. The summed E-state index contributed by atoms with van der Waals surface area (Å²) in [7, 11) is 1.99. The topological polar surface area (TPSA) is 55.0 Å². The van der Waals surface area contributed by atoms with Gasteiger partial charge in [0.05, 0.1) is 3.79 Å². The van der Waals surface area contributed by atoms with Crippen LogP contribution in [-0.4, -0.2) is 17.0 Å². The van der Waals surface area contributed by atoms with Crippen LogP contribution in [0.15, 0.2) is 21.3 Å². The molecule has 0 aliphatic heterocycles.